The van der Waals surface area contributed by atoms with Gasteiger partial charge in [0.05, 0.1) is 12.5 Å². The van der Waals surface area contributed by atoms with Crippen LogP contribution in [-0.4, -0.2) is 0 Å². The summed E-state index contributed by atoms with van der Waals surface area (Å²) in [6.07, 6.45) is 0.0954. The van der Waals surface area contributed by atoms with E-state index in [-0.39, 0.29) is 17.3 Å². The third-order valence-corrected chi connectivity index (χ3v) is 2.26. The predicted octanol–water partition coefficient (Wildman–Crippen LogP) is 2.93. The fourth-order valence-electron chi connectivity index (χ4n) is 1.03. The van der Waals surface area contributed by atoms with Crippen LogP contribution in [0, 0.1) is 23.0 Å². The first-order valence-corrected chi connectivity index (χ1v) is 4.71. The molecule has 1 aromatic rings. The summed E-state index contributed by atoms with van der Waals surface area (Å²) in [7, 11) is 0. The Morgan fingerprint density at radius 3 is 2.62 bits per heavy atom. The summed E-state index contributed by atoms with van der Waals surface area (Å²) >= 11 is 3.05. The van der Waals surface area contributed by atoms with Crippen LogP contribution in [0.15, 0.2) is 12.1 Å². The molecule has 0 saturated heterocycles. The Kier molecular flexibility index (Phi) is 3.38. The van der Waals surface area contributed by atoms with Gasteiger partial charge in [-0.2, -0.15) is 5.26 Å². The molecular formula is C9H6BrF2N. The Morgan fingerprint density at radius 1 is 1.38 bits per heavy atom. The number of benzene rings is 1. The molecule has 68 valence electrons. The van der Waals surface area contributed by atoms with Crippen molar-refractivity contribution >= 4 is 15.9 Å². The highest BCUT2D eigenvalue weighted by Crippen LogP contribution is 2.19. The van der Waals surface area contributed by atoms with Gasteiger partial charge in [-0.05, 0) is 11.6 Å². The summed E-state index contributed by atoms with van der Waals surface area (Å²) in [6, 6.07) is 4.36. The van der Waals surface area contributed by atoms with Crippen LogP contribution in [0.3, 0.4) is 0 Å². The lowest BCUT2D eigenvalue weighted by Crippen LogP contribution is -1.97. The SMILES string of the molecule is N#CCc1ccc(F)c(F)c1CBr. The Hall–Kier alpha value is -0.950. The molecule has 1 rings (SSSR count). The maximum Gasteiger partial charge on any atom is 0.163 e. The number of hydrogen-bond acceptors (Lipinski definition) is 1. The minimum Gasteiger partial charge on any atom is -0.204 e. The zero-order valence-electron chi connectivity index (χ0n) is 6.65. The zero-order valence-corrected chi connectivity index (χ0v) is 8.24. The molecule has 1 aromatic carbocycles. The van der Waals surface area contributed by atoms with Crippen LogP contribution in [0.25, 0.3) is 0 Å². The summed E-state index contributed by atoms with van der Waals surface area (Å²) < 4.78 is 25.8. The molecule has 0 aliphatic carbocycles. The highest BCUT2D eigenvalue weighted by molar-refractivity contribution is 9.08. The Balaban J connectivity index is 3.23. The monoisotopic (exact) mass is 245 g/mol. The number of nitriles is 1. The van der Waals surface area contributed by atoms with Crippen LogP contribution >= 0.6 is 15.9 Å². The summed E-state index contributed by atoms with van der Waals surface area (Å²) in [4.78, 5) is 0. The van der Waals surface area contributed by atoms with Crippen molar-refractivity contribution in [3.05, 3.63) is 34.9 Å². The summed E-state index contributed by atoms with van der Waals surface area (Å²) in [5, 5.41) is 8.63. The van der Waals surface area contributed by atoms with E-state index >= 15 is 0 Å². The molecular weight excluding hydrogens is 240 g/mol. The number of halogens is 3. The van der Waals surface area contributed by atoms with Gasteiger partial charge in [-0.3, -0.25) is 0 Å². The van der Waals surface area contributed by atoms with E-state index in [2.05, 4.69) is 15.9 Å². The van der Waals surface area contributed by atoms with E-state index in [9.17, 15) is 8.78 Å². The highest BCUT2D eigenvalue weighted by atomic mass is 79.9. The molecule has 0 heterocycles. The van der Waals surface area contributed by atoms with E-state index in [4.69, 9.17) is 5.26 Å². The second-order valence-electron chi connectivity index (χ2n) is 2.47. The van der Waals surface area contributed by atoms with Gasteiger partial charge in [0.15, 0.2) is 11.6 Å². The van der Waals surface area contributed by atoms with Gasteiger partial charge in [-0.1, -0.05) is 22.0 Å². The second-order valence-corrected chi connectivity index (χ2v) is 3.03. The maximum absolute atomic E-state index is 13.1. The quantitative estimate of drug-likeness (QED) is 0.736. The van der Waals surface area contributed by atoms with E-state index in [1.807, 2.05) is 6.07 Å². The van der Waals surface area contributed by atoms with Gasteiger partial charge < -0.3 is 0 Å². The molecule has 0 saturated carbocycles. The molecule has 0 radical (unpaired) electrons. The van der Waals surface area contributed by atoms with E-state index in [1.165, 1.54) is 6.07 Å². The Labute approximate surface area is 83.1 Å². The summed E-state index contributed by atoms with van der Waals surface area (Å²) in [6.45, 7) is 0. The van der Waals surface area contributed by atoms with Gasteiger partial charge >= 0.3 is 0 Å². The molecule has 13 heavy (non-hydrogen) atoms. The van der Waals surface area contributed by atoms with Gasteiger partial charge in [0.25, 0.3) is 0 Å². The van der Waals surface area contributed by atoms with Crippen LogP contribution in [-0.2, 0) is 11.8 Å². The van der Waals surface area contributed by atoms with Crippen LogP contribution in [0.1, 0.15) is 11.1 Å². The van der Waals surface area contributed by atoms with Crippen molar-refractivity contribution in [2.75, 3.05) is 0 Å². The number of hydrogen-bond donors (Lipinski definition) is 0. The van der Waals surface area contributed by atoms with Crippen molar-refractivity contribution in [1.29, 1.82) is 5.26 Å². The Morgan fingerprint density at radius 2 is 2.08 bits per heavy atom. The van der Waals surface area contributed by atoms with Crippen molar-refractivity contribution in [3.8, 4) is 6.07 Å². The maximum atomic E-state index is 13.1. The van der Waals surface area contributed by atoms with Gasteiger partial charge in [-0.25, -0.2) is 8.78 Å². The van der Waals surface area contributed by atoms with Gasteiger partial charge in [-0.15, -0.1) is 0 Å². The molecule has 0 atom stereocenters. The summed E-state index contributed by atoms with van der Waals surface area (Å²) in [5.41, 5.74) is 0.750. The van der Waals surface area contributed by atoms with Crippen LogP contribution in [0.4, 0.5) is 8.78 Å². The third-order valence-electron chi connectivity index (χ3n) is 1.70. The van der Waals surface area contributed by atoms with E-state index in [0.29, 0.717) is 5.56 Å². The normalized spacial score (nSPS) is 9.69. The molecule has 1 nitrogen and oxygen atoms in total. The van der Waals surface area contributed by atoms with Crippen molar-refractivity contribution in [1.82, 2.24) is 0 Å². The first kappa shape index (κ1) is 10.1. The molecule has 0 aliphatic heterocycles. The van der Waals surface area contributed by atoms with Crippen LogP contribution in [0.5, 0.6) is 0 Å². The zero-order chi connectivity index (χ0) is 9.84. The van der Waals surface area contributed by atoms with Crippen LogP contribution in [0.2, 0.25) is 0 Å². The molecule has 0 unspecified atom stereocenters. The smallest absolute Gasteiger partial charge is 0.163 e. The van der Waals surface area contributed by atoms with E-state index < -0.39 is 11.6 Å². The summed E-state index contributed by atoms with van der Waals surface area (Å²) in [5.74, 6) is -1.75. The van der Waals surface area contributed by atoms with Crippen LogP contribution < -0.4 is 0 Å². The molecule has 0 bridgehead atoms. The van der Waals surface area contributed by atoms with Crippen molar-refractivity contribution in [2.24, 2.45) is 0 Å². The number of nitrogens with zero attached hydrogens (tertiary/aromatic N) is 1. The molecule has 0 aliphatic rings. The molecule has 0 spiro atoms. The topological polar surface area (TPSA) is 23.8 Å². The number of alkyl halides is 1. The molecule has 0 amide bonds. The average Bonchev–Trinajstić information content (AvgIpc) is 2.12. The second kappa shape index (κ2) is 4.33. The lowest BCUT2D eigenvalue weighted by molar-refractivity contribution is 0.501. The third kappa shape index (κ3) is 2.04. The molecule has 0 aromatic heterocycles. The van der Waals surface area contributed by atoms with Gasteiger partial charge in [0.2, 0.25) is 0 Å². The molecule has 0 fully saturated rings. The molecule has 0 N–H and O–H groups in total. The highest BCUT2D eigenvalue weighted by Gasteiger charge is 2.11. The number of rotatable bonds is 2. The van der Waals surface area contributed by atoms with Gasteiger partial charge in [0.1, 0.15) is 0 Å². The lowest BCUT2D eigenvalue weighted by Gasteiger charge is -2.04. The fourth-order valence-corrected chi connectivity index (χ4v) is 1.63. The first-order valence-electron chi connectivity index (χ1n) is 3.59. The van der Waals surface area contributed by atoms with E-state index in [1.54, 1.807) is 0 Å². The largest absolute Gasteiger partial charge is 0.204 e. The molecule has 4 heteroatoms. The fraction of sp³-hybridized carbons (Fsp3) is 0.222. The Bertz CT molecular complexity index is 357. The van der Waals surface area contributed by atoms with Gasteiger partial charge in [0, 0.05) is 10.9 Å². The van der Waals surface area contributed by atoms with Crippen molar-refractivity contribution < 1.29 is 8.78 Å². The van der Waals surface area contributed by atoms with E-state index in [0.717, 1.165) is 6.07 Å². The van der Waals surface area contributed by atoms with Crippen molar-refractivity contribution in [2.45, 2.75) is 11.8 Å². The first-order chi connectivity index (χ1) is 6.20. The van der Waals surface area contributed by atoms with Crippen molar-refractivity contribution in [3.63, 3.8) is 0 Å². The standard InChI is InChI=1S/C9H6BrF2N/c10-5-7-6(3-4-13)1-2-8(11)9(7)12/h1-2H,3,5H2. The lowest BCUT2D eigenvalue weighted by atomic mass is 10.1. The predicted molar refractivity (Wildman–Crippen MR) is 48.3 cm³/mol. The minimum atomic E-state index is -0.879. The minimum absolute atomic E-state index is 0.0954. The average molecular weight is 246 g/mol.